The molecule has 0 saturated heterocycles. The molecule has 2 aromatic rings. The van der Waals surface area contributed by atoms with Gasteiger partial charge in [0.05, 0.1) is 11.3 Å². The van der Waals surface area contributed by atoms with Crippen LogP contribution in [-0.2, 0) is 18.3 Å². The molecule has 0 radical (unpaired) electrons. The van der Waals surface area contributed by atoms with E-state index in [1.54, 1.807) is 48.3 Å². The molecule has 0 spiro atoms. The number of aromatic nitrogens is 2. The third kappa shape index (κ3) is 3.28. The van der Waals surface area contributed by atoms with E-state index in [4.69, 9.17) is 0 Å². The smallest absolute Gasteiger partial charge is 0.330 e. The van der Waals surface area contributed by atoms with Crippen molar-refractivity contribution in [2.75, 3.05) is 0 Å². The number of benzene rings is 1. The Bertz CT molecular complexity index is 649. The van der Waals surface area contributed by atoms with E-state index in [1.165, 1.54) is 0 Å². The standard InChI is InChI=1S/C15H17N3O3/c1-3-12-11(9-18(2)17-12)14(19)16-13(15(20)21)10-7-5-4-6-8-10/h4-9,13H,3H2,1-2H3,(H,16,19)(H,20,21)/t13-/m1/s1. The van der Waals surface area contributed by atoms with E-state index < -0.39 is 17.9 Å². The number of amides is 1. The van der Waals surface area contributed by atoms with E-state index in [9.17, 15) is 14.7 Å². The monoisotopic (exact) mass is 287 g/mol. The lowest BCUT2D eigenvalue weighted by Crippen LogP contribution is -2.34. The van der Waals surface area contributed by atoms with Crippen molar-refractivity contribution in [3.8, 4) is 0 Å². The Balaban J connectivity index is 2.25. The fraction of sp³-hybridized carbons (Fsp3) is 0.267. The van der Waals surface area contributed by atoms with Gasteiger partial charge >= 0.3 is 5.97 Å². The molecule has 0 aliphatic heterocycles. The molecule has 0 saturated carbocycles. The number of nitrogens with one attached hydrogen (secondary N) is 1. The van der Waals surface area contributed by atoms with E-state index in [1.807, 2.05) is 6.92 Å². The van der Waals surface area contributed by atoms with Crippen molar-refractivity contribution in [1.29, 1.82) is 0 Å². The first-order valence-electron chi connectivity index (χ1n) is 6.64. The highest BCUT2D eigenvalue weighted by Gasteiger charge is 2.24. The van der Waals surface area contributed by atoms with E-state index in [2.05, 4.69) is 10.4 Å². The number of rotatable bonds is 5. The van der Waals surface area contributed by atoms with Crippen LogP contribution < -0.4 is 5.32 Å². The lowest BCUT2D eigenvalue weighted by atomic mass is 10.1. The lowest BCUT2D eigenvalue weighted by molar-refractivity contribution is -0.139. The molecule has 2 rings (SSSR count). The molecular formula is C15H17N3O3. The van der Waals surface area contributed by atoms with E-state index in [-0.39, 0.29) is 0 Å². The summed E-state index contributed by atoms with van der Waals surface area (Å²) >= 11 is 0. The number of carbonyl (C=O) groups excluding carboxylic acids is 1. The summed E-state index contributed by atoms with van der Waals surface area (Å²) in [5, 5.41) is 16.0. The van der Waals surface area contributed by atoms with Crippen LogP contribution in [0.3, 0.4) is 0 Å². The normalized spacial score (nSPS) is 11.9. The van der Waals surface area contributed by atoms with Crippen LogP contribution in [0.1, 0.15) is 34.6 Å². The van der Waals surface area contributed by atoms with E-state index in [0.717, 1.165) is 0 Å². The number of aryl methyl sites for hydroxylation is 2. The van der Waals surface area contributed by atoms with Crippen molar-refractivity contribution >= 4 is 11.9 Å². The zero-order valence-electron chi connectivity index (χ0n) is 11.9. The van der Waals surface area contributed by atoms with Crippen LogP contribution in [0.15, 0.2) is 36.5 Å². The average Bonchev–Trinajstić information content (AvgIpc) is 2.86. The summed E-state index contributed by atoms with van der Waals surface area (Å²) in [4.78, 5) is 23.7. The van der Waals surface area contributed by atoms with Crippen molar-refractivity contribution in [3.63, 3.8) is 0 Å². The third-order valence-electron chi connectivity index (χ3n) is 3.14. The molecule has 1 atom stereocenters. The van der Waals surface area contributed by atoms with Crippen LogP contribution in [0.5, 0.6) is 0 Å². The molecule has 110 valence electrons. The second-order valence-corrected chi connectivity index (χ2v) is 4.67. The van der Waals surface area contributed by atoms with Crippen molar-refractivity contribution in [1.82, 2.24) is 15.1 Å². The maximum Gasteiger partial charge on any atom is 0.330 e. The molecule has 0 aliphatic carbocycles. The summed E-state index contributed by atoms with van der Waals surface area (Å²) < 4.78 is 1.55. The molecule has 6 nitrogen and oxygen atoms in total. The summed E-state index contributed by atoms with van der Waals surface area (Å²) in [6, 6.07) is 7.52. The van der Waals surface area contributed by atoms with Crippen LogP contribution in [0.4, 0.5) is 0 Å². The minimum absolute atomic E-state index is 0.405. The van der Waals surface area contributed by atoms with Gasteiger partial charge in [-0.15, -0.1) is 0 Å². The SMILES string of the molecule is CCc1nn(C)cc1C(=O)N[C@@H](C(=O)O)c1ccccc1. The molecule has 1 aromatic carbocycles. The highest BCUT2D eigenvalue weighted by Crippen LogP contribution is 2.15. The number of hydrogen-bond donors (Lipinski definition) is 2. The molecule has 0 fully saturated rings. The molecule has 0 aliphatic rings. The first-order chi connectivity index (χ1) is 10.0. The molecule has 6 heteroatoms. The van der Waals surface area contributed by atoms with Gasteiger partial charge in [0.15, 0.2) is 6.04 Å². The lowest BCUT2D eigenvalue weighted by Gasteiger charge is -2.14. The second kappa shape index (κ2) is 6.21. The topological polar surface area (TPSA) is 84.2 Å². The first-order valence-corrected chi connectivity index (χ1v) is 6.64. The van der Waals surface area contributed by atoms with Gasteiger partial charge in [-0.1, -0.05) is 37.3 Å². The van der Waals surface area contributed by atoms with Gasteiger partial charge < -0.3 is 10.4 Å². The molecule has 0 unspecified atom stereocenters. The quantitative estimate of drug-likeness (QED) is 0.873. The van der Waals surface area contributed by atoms with Crippen LogP contribution in [0, 0.1) is 0 Å². The van der Waals surface area contributed by atoms with Crippen molar-refractivity contribution in [2.24, 2.45) is 7.05 Å². The molecule has 1 aromatic heterocycles. The maximum atomic E-state index is 12.3. The Morgan fingerprint density at radius 1 is 1.33 bits per heavy atom. The third-order valence-corrected chi connectivity index (χ3v) is 3.14. The summed E-state index contributed by atoms with van der Waals surface area (Å²) in [7, 11) is 1.72. The van der Waals surface area contributed by atoms with Gasteiger partial charge in [0, 0.05) is 13.2 Å². The van der Waals surface area contributed by atoms with Gasteiger partial charge in [0.1, 0.15) is 0 Å². The Morgan fingerprint density at radius 3 is 2.57 bits per heavy atom. The predicted octanol–water partition coefficient (Wildman–Crippen LogP) is 1.54. The van der Waals surface area contributed by atoms with Crippen LogP contribution in [0.2, 0.25) is 0 Å². The molecule has 21 heavy (non-hydrogen) atoms. The predicted molar refractivity (Wildman–Crippen MR) is 76.9 cm³/mol. The Hall–Kier alpha value is -2.63. The van der Waals surface area contributed by atoms with Gasteiger partial charge in [-0.25, -0.2) is 4.79 Å². The van der Waals surface area contributed by atoms with Crippen LogP contribution in [0.25, 0.3) is 0 Å². The summed E-state index contributed by atoms with van der Waals surface area (Å²) in [5.41, 5.74) is 1.58. The van der Waals surface area contributed by atoms with Gasteiger partial charge in [0.2, 0.25) is 0 Å². The zero-order chi connectivity index (χ0) is 15.4. The summed E-state index contributed by atoms with van der Waals surface area (Å²) in [6.45, 7) is 1.89. The number of aliphatic carboxylic acids is 1. The number of carbonyl (C=O) groups is 2. The van der Waals surface area contributed by atoms with E-state index in [0.29, 0.717) is 23.2 Å². The number of carboxylic acid groups (broad SMARTS) is 1. The minimum Gasteiger partial charge on any atom is -0.479 e. The minimum atomic E-state index is -1.10. The fourth-order valence-electron chi connectivity index (χ4n) is 2.13. The number of carboxylic acids is 1. The van der Waals surface area contributed by atoms with Gasteiger partial charge in [-0.2, -0.15) is 5.10 Å². The summed E-state index contributed by atoms with van der Waals surface area (Å²) in [6.07, 6.45) is 2.20. The van der Waals surface area contributed by atoms with Crippen molar-refractivity contribution in [2.45, 2.75) is 19.4 Å². The highest BCUT2D eigenvalue weighted by molar-refractivity contribution is 5.97. The largest absolute Gasteiger partial charge is 0.479 e. The van der Waals surface area contributed by atoms with Crippen molar-refractivity contribution < 1.29 is 14.7 Å². The van der Waals surface area contributed by atoms with E-state index >= 15 is 0 Å². The Morgan fingerprint density at radius 2 is 2.00 bits per heavy atom. The highest BCUT2D eigenvalue weighted by atomic mass is 16.4. The van der Waals surface area contributed by atoms with Gasteiger partial charge in [0.25, 0.3) is 5.91 Å². The zero-order valence-corrected chi connectivity index (χ0v) is 11.9. The Labute approximate surface area is 122 Å². The van der Waals surface area contributed by atoms with Crippen molar-refractivity contribution in [3.05, 3.63) is 53.3 Å². The average molecular weight is 287 g/mol. The number of nitrogens with zero attached hydrogens (tertiary/aromatic N) is 2. The molecule has 1 amide bonds. The summed E-state index contributed by atoms with van der Waals surface area (Å²) in [5.74, 6) is -1.53. The van der Waals surface area contributed by atoms with Crippen LogP contribution >= 0.6 is 0 Å². The first kappa shape index (κ1) is 14.8. The maximum absolute atomic E-state index is 12.3. The number of hydrogen-bond acceptors (Lipinski definition) is 3. The van der Waals surface area contributed by atoms with Crippen LogP contribution in [-0.4, -0.2) is 26.8 Å². The second-order valence-electron chi connectivity index (χ2n) is 4.67. The molecule has 0 bridgehead atoms. The van der Waals surface area contributed by atoms with Gasteiger partial charge in [-0.3, -0.25) is 9.48 Å². The molecule has 2 N–H and O–H groups in total. The van der Waals surface area contributed by atoms with Gasteiger partial charge in [-0.05, 0) is 12.0 Å². The molecular weight excluding hydrogens is 270 g/mol. The molecule has 1 heterocycles. The Kier molecular flexibility index (Phi) is 4.37. The fourth-order valence-corrected chi connectivity index (χ4v) is 2.13.